The molecule has 2 aromatic carbocycles. The van der Waals surface area contributed by atoms with Crippen molar-refractivity contribution in [2.24, 2.45) is 0 Å². The maximum atomic E-state index is 13.2. The number of alkyl halides is 3. The van der Waals surface area contributed by atoms with Gasteiger partial charge in [-0.05, 0) is 24.3 Å². The molecule has 9 heteroatoms. The van der Waals surface area contributed by atoms with E-state index < -0.39 is 29.5 Å². The molecule has 0 fully saturated rings. The summed E-state index contributed by atoms with van der Waals surface area (Å²) in [7, 11) is 2.92. The molecule has 2 aliphatic rings. The summed E-state index contributed by atoms with van der Waals surface area (Å²) in [6.07, 6.45) is -4.71. The number of cyclic esters (lactones) is 1. The zero-order chi connectivity index (χ0) is 22.3. The van der Waals surface area contributed by atoms with E-state index in [-0.39, 0.29) is 30.0 Å². The second kappa shape index (κ2) is 7.64. The van der Waals surface area contributed by atoms with E-state index in [1.807, 2.05) is 0 Å². The summed E-state index contributed by atoms with van der Waals surface area (Å²) in [6, 6.07) is 9.54. The normalized spacial score (nSPS) is 18.7. The number of nitrogens with zero attached hydrogens (tertiary/aromatic N) is 1. The fourth-order valence-corrected chi connectivity index (χ4v) is 4.03. The average molecular weight is 433 g/mol. The van der Waals surface area contributed by atoms with Gasteiger partial charge in [-0.3, -0.25) is 9.69 Å². The number of carbonyl (C=O) groups is 2. The molecule has 1 amide bonds. The van der Waals surface area contributed by atoms with Gasteiger partial charge in [0.15, 0.2) is 11.5 Å². The van der Waals surface area contributed by atoms with Gasteiger partial charge in [0.25, 0.3) is 0 Å². The van der Waals surface area contributed by atoms with Gasteiger partial charge >= 0.3 is 12.1 Å². The summed E-state index contributed by atoms with van der Waals surface area (Å²) >= 11 is 0. The van der Waals surface area contributed by atoms with Crippen LogP contribution in [0.15, 0.2) is 53.7 Å². The van der Waals surface area contributed by atoms with Crippen LogP contribution >= 0.6 is 0 Å². The molecule has 2 aromatic rings. The number of amides is 1. The van der Waals surface area contributed by atoms with Crippen molar-refractivity contribution in [1.29, 1.82) is 0 Å². The van der Waals surface area contributed by atoms with E-state index in [4.69, 9.17) is 14.2 Å². The summed E-state index contributed by atoms with van der Waals surface area (Å²) in [5.74, 6) is -0.937. The number of rotatable bonds is 4. The summed E-state index contributed by atoms with van der Waals surface area (Å²) in [4.78, 5) is 26.8. The van der Waals surface area contributed by atoms with E-state index in [9.17, 15) is 22.8 Å². The van der Waals surface area contributed by atoms with Gasteiger partial charge in [-0.25, -0.2) is 4.79 Å². The number of esters is 1. The zero-order valence-electron chi connectivity index (χ0n) is 16.7. The molecule has 0 N–H and O–H groups in total. The summed E-state index contributed by atoms with van der Waals surface area (Å²) in [5, 5.41) is 0. The van der Waals surface area contributed by atoms with Crippen LogP contribution in [0.1, 0.15) is 23.5 Å². The van der Waals surface area contributed by atoms with E-state index in [1.54, 1.807) is 18.2 Å². The monoisotopic (exact) mass is 433 g/mol. The highest BCUT2D eigenvalue weighted by atomic mass is 19.4. The highest BCUT2D eigenvalue weighted by Crippen LogP contribution is 2.46. The standard InChI is InChI=1S/C22H18F3NO5/c1-29-17-8-4-7-14(20(17)30-2)15-10-18(27)26(16-11-31-21(28)19(15)16)13-6-3-5-12(9-13)22(23,24)25/h3-9,15H,10-11H2,1-2H3/t15-/m1/s1. The van der Waals surface area contributed by atoms with E-state index in [2.05, 4.69) is 0 Å². The predicted octanol–water partition coefficient (Wildman–Crippen LogP) is 4.05. The zero-order valence-corrected chi connectivity index (χ0v) is 16.7. The van der Waals surface area contributed by atoms with Crippen molar-refractivity contribution in [2.45, 2.75) is 18.5 Å². The van der Waals surface area contributed by atoms with Crippen LogP contribution in [-0.4, -0.2) is 32.7 Å². The molecule has 2 heterocycles. The van der Waals surface area contributed by atoms with Crippen molar-refractivity contribution in [1.82, 2.24) is 0 Å². The molecule has 0 aliphatic carbocycles. The molecule has 0 saturated carbocycles. The first kappa shape index (κ1) is 20.8. The Bertz CT molecular complexity index is 1090. The summed E-state index contributed by atoms with van der Waals surface area (Å²) < 4.78 is 55.5. The van der Waals surface area contributed by atoms with Crippen LogP contribution in [0.3, 0.4) is 0 Å². The van der Waals surface area contributed by atoms with Crippen LogP contribution in [0, 0.1) is 0 Å². The molecule has 0 aromatic heterocycles. The molecule has 0 unspecified atom stereocenters. The van der Waals surface area contributed by atoms with Crippen LogP contribution in [0.4, 0.5) is 18.9 Å². The van der Waals surface area contributed by atoms with Crippen LogP contribution in [0.2, 0.25) is 0 Å². The van der Waals surface area contributed by atoms with Crippen molar-refractivity contribution >= 4 is 17.6 Å². The van der Waals surface area contributed by atoms with Crippen LogP contribution in [-0.2, 0) is 20.5 Å². The number of hydrogen-bond acceptors (Lipinski definition) is 5. The molecule has 4 rings (SSSR count). The molecule has 2 aliphatic heterocycles. The Morgan fingerprint density at radius 3 is 2.48 bits per heavy atom. The average Bonchev–Trinajstić information content (AvgIpc) is 3.13. The van der Waals surface area contributed by atoms with Crippen LogP contribution < -0.4 is 14.4 Å². The summed E-state index contributed by atoms with van der Waals surface area (Å²) in [6.45, 7) is -0.209. The number of halogens is 3. The van der Waals surface area contributed by atoms with E-state index in [0.717, 1.165) is 17.0 Å². The SMILES string of the molecule is COc1cccc([C@H]2CC(=O)N(c3cccc(C(F)(F)F)c3)C3=C2C(=O)OC3)c1OC. The van der Waals surface area contributed by atoms with Gasteiger partial charge in [0.1, 0.15) is 6.61 Å². The maximum absolute atomic E-state index is 13.2. The number of carbonyl (C=O) groups excluding carboxylic acids is 2. The third kappa shape index (κ3) is 3.49. The lowest BCUT2D eigenvalue weighted by atomic mass is 9.83. The molecule has 1 atom stereocenters. The van der Waals surface area contributed by atoms with Gasteiger partial charge in [-0.2, -0.15) is 13.2 Å². The van der Waals surface area contributed by atoms with E-state index in [1.165, 1.54) is 26.4 Å². The number of benzene rings is 2. The minimum Gasteiger partial charge on any atom is -0.493 e. The number of ether oxygens (including phenoxy) is 3. The largest absolute Gasteiger partial charge is 0.493 e. The number of methoxy groups -OCH3 is 2. The Hall–Kier alpha value is -3.49. The quantitative estimate of drug-likeness (QED) is 0.681. The smallest absolute Gasteiger partial charge is 0.416 e. The Morgan fingerprint density at radius 2 is 1.81 bits per heavy atom. The minimum atomic E-state index is -4.56. The predicted molar refractivity (Wildman–Crippen MR) is 104 cm³/mol. The van der Waals surface area contributed by atoms with Crippen molar-refractivity contribution < 1.29 is 37.0 Å². The maximum Gasteiger partial charge on any atom is 0.416 e. The molecular formula is C22H18F3NO5. The molecule has 6 nitrogen and oxygen atoms in total. The van der Waals surface area contributed by atoms with Gasteiger partial charge in [0.2, 0.25) is 5.91 Å². The summed E-state index contributed by atoms with van der Waals surface area (Å²) in [5.41, 5.74) is 0.160. The molecule has 0 spiro atoms. The number of hydrogen-bond donors (Lipinski definition) is 0. The topological polar surface area (TPSA) is 65.1 Å². The first-order valence-corrected chi connectivity index (χ1v) is 9.37. The van der Waals surface area contributed by atoms with Gasteiger partial charge < -0.3 is 14.2 Å². The van der Waals surface area contributed by atoms with Crippen molar-refractivity contribution in [2.75, 3.05) is 25.7 Å². The highest BCUT2D eigenvalue weighted by Gasteiger charge is 2.44. The Balaban J connectivity index is 1.85. The lowest BCUT2D eigenvalue weighted by Crippen LogP contribution is -2.37. The number of para-hydroxylation sites is 1. The second-order valence-corrected chi connectivity index (χ2v) is 7.05. The number of anilines is 1. The minimum absolute atomic E-state index is 0.0293. The molecule has 0 saturated heterocycles. The Morgan fingerprint density at radius 1 is 1.06 bits per heavy atom. The molecule has 0 radical (unpaired) electrons. The lowest BCUT2D eigenvalue weighted by Gasteiger charge is -2.32. The van der Waals surface area contributed by atoms with Crippen molar-refractivity contribution in [3.05, 3.63) is 64.9 Å². The third-order valence-electron chi connectivity index (χ3n) is 5.36. The Kier molecular flexibility index (Phi) is 5.12. The third-order valence-corrected chi connectivity index (χ3v) is 5.36. The van der Waals surface area contributed by atoms with Crippen LogP contribution in [0.25, 0.3) is 0 Å². The van der Waals surface area contributed by atoms with Gasteiger partial charge in [-0.15, -0.1) is 0 Å². The van der Waals surface area contributed by atoms with E-state index in [0.29, 0.717) is 17.1 Å². The highest BCUT2D eigenvalue weighted by molar-refractivity contribution is 6.06. The molecule has 0 bridgehead atoms. The fourth-order valence-electron chi connectivity index (χ4n) is 4.03. The first-order chi connectivity index (χ1) is 14.8. The van der Waals surface area contributed by atoms with Gasteiger partial charge in [-0.1, -0.05) is 18.2 Å². The fraction of sp³-hybridized carbons (Fsp3) is 0.273. The lowest BCUT2D eigenvalue weighted by molar-refractivity contribution is -0.138. The van der Waals surface area contributed by atoms with Gasteiger partial charge in [0, 0.05) is 23.6 Å². The second-order valence-electron chi connectivity index (χ2n) is 7.05. The van der Waals surface area contributed by atoms with Crippen molar-refractivity contribution in [3.8, 4) is 11.5 Å². The van der Waals surface area contributed by atoms with Crippen molar-refractivity contribution in [3.63, 3.8) is 0 Å². The van der Waals surface area contributed by atoms with Gasteiger partial charge in [0.05, 0.1) is 31.1 Å². The van der Waals surface area contributed by atoms with Crippen LogP contribution in [0.5, 0.6) is 11.5 Å². The Labute approximate surface area is 175 Å². The first-order valence-electron chi connectivity index (χ1n) is 9.37. The molecule has 31 heavy (non-hydrogen) atoms. The van der Waals surface area contributed by atoms with E-state index >= 15 is 0 Å². The molecular weight excluding hydrogens is 415 g/mol. The molecule has 162 valence electrons.